The van der Waals surface area contributed by atoms with E-state index in [0.29, 0.717) is 0 Å². The van der Waals surface area contributed by atoms with E-state index in [1.807, 2.05) is 0 Å². The van der Waals surface area contributed by atoms with E-state index in [0.717, 1.165) is 11.5 Å². The lowest BCUT2D eigenvalue weighted by atomic mass is 9.96. The number of hydrogen-bond donors (Lipinski definition) is 0. The molecule has 0 saturated heterocycles. The average Bonchev–Trinajstić information content (AvgIpc) is 2.73. The Bertz CT molecular complexity index is 353. The minimum absolute atomic E-state index is 0.870. The predicted octanol–water partition coefficient (Wildman–Crippen LogP) is 10.9. The van der Waals surface area contributed by atoms with Crippen molar-refractivity contribution in [2.24, 2.45) is 5.92 Å². The van der Waals surface area contributed by atoms with Gasteiger partial charge >= 0.3 is 0 Å². The molecule has 176 valence electrons. The first-order chi connectivity index (χ1) is 13.8. The summed E-state index contributed by atoms with van der Waals surface area (Å²) in [5, 5.41) is 0. The normalized spacial score (nSPS) is 15.6. The van der Waals surface area contributed by atoms with Crippen LogP contribution in [0.4, 0.5) is 0 Å². The number of rotatable bonds is 20. The van der Waals surface area contributed by atoms with Crippen molar-refractivity contribution in [3.05, 3.63) is 0 Å². The second-order valence-electron chi connectivity index (χ2n) is 10.9. The molecule has 29 heavy (non-hydrogen) atoms. The summed E-state index contributed by atoms with van der Waals surface area (Å²) in [6.07, 6.45) is 16.2. The van der Waals surface area contributed by atoms with Gasteiger partial charge in [0.05, 0.1) is 16.1 Å². The topological polar surface area (TPSA) is 0 Å². The van der Waals surface area contributed by atoms with Crippen molar-refractivity contribution in [2.45, 2.75) is 167 Å². The van der Waals surface area contributed by atoms with E-state index in [2.05, 4.69) is 55.0 Å². The van der Waals surface area contributed by atoms with Gasteiger partial charge in [0.2, 0.25) is 0 Å². The van der Waals surface area contributed by atoms with E-state index in [1.165, 1.54) is 88.8 Å². The standard InChI is InChI=1S/C27H60Si2/c1-9-14-15-18-21-27(10-2)22-25-28(8,26(6)7)23-19-16-17-20-24-29(11-3,12-4)13-5/h26-27H,9-25H2,1-8H3. The fourth-order valence-corrected chi connectivity index (χ4v) is 12.4. The van der Waals surface area contributed by atoms with Crippen LogP contribution in [0.25, 0.3) is 0 Å². The maximum atomic E-state index is 2.74. The summed E-state index contributed by atoms with van der Waals surface area (Å²) >= 11 is 0. The van der Waals surface area contributed by atoms with Crippen LogP contribution in [0.5, 0.6) is 0 Å². The van der Waals surface area contributed by atoms with Crippen LogP contribution in [-0.2, 0) is 0 Å². The molecule has 0 rings (SSSR count). The van der Waals surface area contributed by atoms with Crippen molar-refractivity contribution in [3.8, 4) is 0 Å². The van der Waals surface area contributed by atoms with Crippen molar-refractivity contribution in [1.29, 1.82) is 0 Å². The summed E-state index contributed by atoms with van der Waals surface area (Å²) in [6, 6.07) is 9.31. The van der Waals surface area contributed by atoms with Crippen molar-refractivity contribution < 1.29 is 0 Å². The van der Waals surface area contributed by atoms with Gasteiger partial charge in [-0.25, -0.2) is 0 Å². The zero-order valence-corrected chi connectivity index (χ0v) is 24.2. The molecule has 0 aliphatic heterocycles. The molecule has 2 unspecified atom stereocenters. The first-order valence-electron chi connectivity index (χ1n) is 13.8. The highest BCUT2D eigenvalue weighted by Crippen LogP contribution is 2.35. The Labute approximate surface area is 189 Å². The lowest BCUT2D eigenvalue weighted by molar-refractivity contribution is 0.426. The third-order valence-electron chi connectivity index (χ3n) is 9.02. The SMILES string of the molecule is CCCCCCC(CC)CC[Si](C)(CCCCCC[Si](CC)(CC)CC)C(C)C. The Hall–Kier alpha value is 0.434. The highest BCUT2D eigenvalue weighted by atomic mass is 28.3. The highest BCUT2D eigenvalue weighted by molar-refractivity contribution is 6.80. The summed E-state index contributed by atoms with van der Waals surface area (Å²) in [5.41, 5.74) is 0.959. The van der Waals surface area contributed by atoms with E-state index < -0.39 is 16.1 Å². The number of hydrogen-bond acceptors (Lipinski definition) is 0. The molecule has 0 radical (unpaired) electrons. The molecule has 0 heterocycles. The minimum atomic E-state index is -1.07. The van der Waals surface area contributed by atoms with Gasteiger partial charge < -0.3 is 0 Å². The zero-order valence-electron chi connectivity index (χ0n) is 22.2. The molecule has 0 N–H and O–H groups in total. The first kappa shape index (κ1) is 29.4. The van der Waals surface area contributed by atoms with Crippen LogP contribution in [0.1, 0.15) is 119 Å². The molecule has 0 spiro atoms. The molecule has 0 saturated carbocycles. The molecule has 0 aromatic heterocycles. The second kappa shape index (κ2) is 17.0. The van der Waals surface area contributed by atoms with Gasteiger partial charge in [-0.1, -0.05) is 167 Å². The smallest absolute Gasteiger partial charge is 0.0530 e. The van der Waals surface area contributed by atoms with Gasteiger partial charge in [0, 0.05) is 0 Å². The molecular formula is C27H60Si2. The number of unbranched alkanes of at least 4 members (excludes halogenated alkanes) is 6. The van der Waals surface area contributed by atoms with Gasteiger partial charge in [0.1, 0.15) is 0 Å². The van der Waals surface area contributed by atoms with Crippen LogP contribution in [0.2, 0.25) is 48.4 Å². The fourth-order valence-electron chi connectivity index (χ4n) is 5.31. The van der Waals surface area contributed by atoms with E-state index in [9.17, 15) is 0 Å². The summed E-state index contributed by atoms with van der Waals surface area (Å²) in [7, 11) is -1.94. The van der Waals surface area contributed by atoms with Crippen LogP contribution in [-0.4, -0.2) is 16.1 Å². The Morgan fingerprint density at radius 1 is 0.586 bits per heavy atom. The predicted molar refractivity (Wildman–Crippen MR) is 144 cm³/mol. The molecule has 0 fully saturated rings. The van der Waals surface area contributed by atoms with Crippen molar-refractivity contribution in [2.75, 3.05) is 0 Å². The summed E-state index contributed by atoms with van der Waals surface area (Å²) in [6.45, 7) is 20.0. The fraction of sp³-hybridized carbons (Fsp3) is 1.00. The molecule has 2 heteroatoms. The zero-order chi connectivity index (χ0) is 22.2. The maximum absolute atomic E-state index is 2.74. The summed E-state index contributed by atoms with van der Waals surface area (Å²) in [4.78, 5) is 0. The molecule has 0 aromatic carbocycles. The molecular weight excluding hydrogens is 380 g/mol. The minimum Gasteiger partial charge on any atom is -0.0690 e. The van der Waals surface area contributed by atoms with E-state index >= 15 is 0 Å². The van der Waals surface area contributed by atoms with Crippen LogP contribution in [0, 0.1) is 5.92 Å². The van der Waals surface area contributed by atoms with Gasteiger partial charge in [-0.15, -0.1) is 0 Å². The Kier molecular flexibility index (Phi) is 17.3. The lowest BCUT2D eigenvalue weighted by Crippen LogP contribution is -2.34. The van der Waals surface area contributed by atoms with Crippen molar-refractivity contribution >= 4 is 16.1 Å². The molecule has 0 aliphatic rings. The summed E-state index contributed by atoms with van der Waals surface area (Å²) in [5.74, 6) is 1.01. The third-order valence-corrected chi connectivity index (χ3v) is 20.6. The Morgan fingerprint density at radius 3 is 1.62 bits per heavy atom. The van der Waals surface area contributed by atoms with Crippen LogP contribution < -0.4 is 0 Å². The van der Waals surface area contributed by atoms with E-state index in [-0.39, 0.29) is 0 Å². The van der Waals surface area contributed by atoms with Crippen LogP contribution in [0.15, 0.2) is 0 Å². The van der Waals surface area contributed by atoms with Crippen molar-refractivity contribution in [3.63, 3.8) is 0 Å². The van der Waals surface area contributed by atoms with Gasteiger partial charge in [-0.05, 0) is 5.92 Å². The van der Waals surface area contributed by atoms with Gasteiger partial charge in [-0.2, -0.15) is 0 Å². The maximum Gasteiger partial charge on any atom is 0.0530 e. The average molecular weight is 441 g/mol. The second-order valence-corrected chi connectivity index (χ2v) is 22.0. The summed E-state index contributed by atoms with van der Waals surface area (Å²) < 4.78 is 0. The highest BCUT2D eigenvalue weighted by Gasteiger charge is 2.31. The third kappa shape index (κ3) is 12.2. The molecule has 2 atom stereocenters. The molecule has 0 bridgehead atoms. The first-order valence-corrected chi connectivity index (χ1v) is 19.6. The Morgan fingerprint density at radius 2 is 1.14 bits per heavy atom. The van der Waals surface area contributed by atoms with Crippen molar-refractivity contribution in [1.82, 2.24) is 0 Å². The molecule has 0 aliphatic carbocycles. The van der Waals surface area contributed by atoms with Gasteiger partial charge in [0.25, 0.3) is 0 Å². The van der Waals surface area contributed by atoms with E-state index in [4.69, 9.17) is 0 Å². The largest absolute Gasteiger partial charge is 0.0690 e. The van der Waals surface area contributed by atoms with Gasteiger partial charge in [0.15, 0.2) is 0 Å². The van der Waals surface area contributed by atoms with Crippen LogP contribution >= 0.6 is 0 Å². The van der Waals surface area contributed by atoms with E-state index in [1.54, 1.807) is 18.1 Å². The quantitative estimate of drug-likeness (QED) is 0.130. The monoisotopic (exact) mass is 440 g/mol. The lowest BCUT2D eigenvalue weighted by Gasteiger charge is -2.33. The van der Waals surface area contributed by atoms with Gasteiger partial charge in [-0.3, -0.25) is 0 Å². The molecule has 0 nitrogen and oxygen atoms in total. The Balaban J connectivity index is 4.27. The molecule has 0 aromatic rings. The van der Waals surface area contributed by atoms with Crippen LogP contribution in [0.3, 0.4) is 0 Å². The molecule has 0 amide bonds.